The number of carbonyl (C=O) groups is 1. The average Bonchev–Trinajstić information content (AvgIpc) is 2.59. The third-order valence-corrected chi connectivity index (χ3v) is 5.56. The summed E-state index contributed by atoms with van der Waals surface area (Å²) < 4.78 is 0. The van der Waals surface area contributed by atoms with Gasteiger partial charge in [-0.3, -0.25) is 9.78 Å². The zero-order valence-corrected chi connectivity index (χ0v) is 14.8. The number of piperidine rings is 2. The van der Waals surface area contributed by atoms with Gasteiger partial charge in [0.1, 0.15) is 0 Å². The van der Waals surface area contributed by atoms with Gasteiger partial charge in [0.25, 0.3) is 0 Å². The van der Waals surface area contributed by atoms with Crippen molar-refractivity contribution >= 4 is 5.91 Å². The van der Waals surface area contributed by atoms with Crippen LogP contribution in [0.1, 0.15) is 45.1 Å². The van der Waals surface area contributed by atoms with Crippen LogP contribution in [-0.2, 0) is 10.4 Å². The Balaban J connectivity index is 1.53. The van der Waals surface area contributed by atoms with E-state index in [0.29, 0.717) is 18.2 Å². The molecule has 0 saturated carbocycles. The van der Waals surface area contributed by atoms with Gasteiger partial charge in [-0.2, -0.15) is 0 Å². The van der Waals surface area contributed by atoms with Crippen molar-refractivity contribution in [2.45, 2.75) is 51.2 Å². The van der Waals surface area contributed by atoms with Gasteiger partial charge in [0.15, 0.2) is 0 Å². The number of amides is 1. The summed E-state index contributed by atoms with van der Waals surface area (Å²) in [7, 11) is 0. The van der Waals surface area contributed by atoms with Crippen LogP contribution in [-0.4, -0.2) is 58.0 Å². The summed E-state index contributed by atoms with van der Waals surface area (Å²) >= 11 is 0. The Hall–Kier alpha value is -1.46. The third-order valence-electron chi connectivity index (χ3n) is 5.56. The lowest BCUT2D eigenvalue weighted by atomic mass is 9.84. The van der Waals surface area contributed by atoms with Gasteiger partial charge in [0.2, 0.25) is 5.91 Å². The molecule has 1 amide bonds. The molecule has 2 aliphatic heterocycles. The summed E-state index contributed by atoms with van der Waals surface area (Å²) in [5.41, 5.74) is 0.191. The minimum absolute atomic E-state index is 0.289. The lowest BCUT2D eigenvalue weighted by molar-refractivity contribution is -0.137. The zero-order valence-electron chi connectivity index (χ0n) is 14.8. The molecule has 0 bridgehead atoms. The Bertz CT molecular complexity index is 553. The van der Waals surface area contributed by atoms with Gasteiger partial charge in [-0.15, -0.1) is 0 Å². The maximum atomic E-state index is 12.0. The number of likely N-dealkylation sites (tertiary alicyclic amines) is 2. The highest BCUT2D eigenvalue weighted by Crippen LogP contribution is 2.33. The first-order valence-corrected chi connectivity index (χ1v) is 9.12. The van der Waals surface area contributed by atoms with Crippen molar-refractivity contribution in [1.82, 2.24) is 14.8 Å². The Labute approximate surface area is 144 Å². The van der Waals surface area contributed by atoms with Crippen molar-refractivity contribution in [2.75, 3.05) is 26.2 Å². The van der Waals surface area contributed by atoms with Crippen LogP contribution >= 0.6 is 0 Å². The topological polar surface area (TPSA) is 56.7 Å². The fourth-order valence-electron chi connectivity index (χ4n) is 3.99. The molecule has 0 radical (unpaired) electrons. The maximum Gasteiger partial charge on any atom is 0.222 e. The smallest absolute Gasteiger partial charge is 0.222 e. The quantitative estimate of drug-likeness (QED) is 0.917. The van der Waals surface area contributed by atoms with Crippen LogP contribution in [0.25, 0.3) is 0 Å². The van der Waals surface area contributed by atoms with Gasteiger partial charge < -0.3 is 14.9 Å². The Morgan fingerprint density at radius 1 is 1.38 bits per heavy atom. The number of hydrogen-bond acceptors (Lipinski definition) is 4. The molecule has 1 aromatic heterocycles. The number of aromatic nitrogens is 1. The summed E-state index contributed by atoms with van der Waals surface area (Å²) in [6.07, 6.45) is 6.69. The largest absolute Gasteiger partial charge is 0.385 e. The summed E-state index contributed by atoms with van der Waals surface area (Å²) in [5, 5.41) is 10.9. The molecule has 5 heteroatoms. The molecular formula is C19H29N3O2. The van der Waals surface area contributed by atoms with Crippen LogP contribution in [0, 0.1) is 5.92 Å². The van der Waals surface area contributed by atoms with Crippen molar-refractivity contribution in [2.24, 2.45) is 5.92 Å². The molecule has 1 N–H and O–H groups in total. The van der Waals surface area contributed by atoms with Crippen molar-refractivity contribution in [1.29, 1.82) is 0 Å². The van der Waals surface area contributed by atoms with Gasteiger partial charge in [-0.1, -0.05) is 6.07 Å². The van der Waals surface area contributed by atoms with E-state index in [1.54, 1.807) is 12.4 Å². The molecule has 2 saturated heterocycles. The van der Waals surface area contributed by atoms with Gasteiger partial charge in [-0.05, 0) is 45.1 Å². The monoisotopic (exact) mass is 331 g/mol. The molecule has 132 valence electrons. The molecule has 1 aromatic rings. The molecule has 24 heavy (non-hydrogen) atoms. The fraction of sp³-hybridized carbons (Fsp3) is 0.684. The van der Waals surface area contributed by atoms with Crippen molar-refractivity contribution in [3.63, 3.8) is 0 Å². The predicted molar refractivity (Wildman–Crippen MR) is 93.4 cm³/mol. The number of hydrogen-bond donors (Lipinski definition) is 1. The summed E-state index contributed by atoms with van der Waals surface area (Å²) in [4.78, 5) is 20.6. The summed E-state index contributed by atoms with van der Waals surface area (Å²) in [6, 6.07) is 4.15. The second-order valence-electron chi connectivity index (χ2n) is 7.62. The molecule has 3 heterocycles. The van der Waals surface area contributed by atoms with Gasteiger partial charge in [0.05, 0.1) is 5.60 Å². The second-order valence-corrected chi connectivity index (χ2v) is 7.62. The molecule has 1 atom stereocenters. The first-order chi connectivity index (χ1) is 11.5. The van der Waals surface area contributed by atoms with E-state index in [1.807, 2.05) is 17.0 Å². The molecule has 0 aromatic carbocycles. The zero-order chi connectivity index (χ0) is 17.2. The average molecular weight is 331 g/mol. The standard InChI is InChI=1S/C19H29N3O2/c1-15(2)22-14-16(5-6-18(22)23)13-21-10-7-19(24,8-11-21)17-4-3-9-20-12-17/h3-4,9,12,15-16,24H,5-8,10-11,13-14H2,1-2H3. The van der Waals surface area contributed by atoms with E-state index in [2.05, 4.69) is 23.7 Å². The summed E-state index contributed by atoms with van der Waals surface area (Å²) in [6.45, 7) is 7.89. The highest BCUT2D eigenvalue weighted by molar-refractivity contribution is 5.77. The molecule has 5 nitrogen and oxygen atoms in total. The van der Waals surface area contributed by atoms with E-state index < -0.39 is 5.60 Å². The van der Waals surface area contributed by atoms with Gasteiger partial charge >= 0.3 is 0 Å². The number of pyridine rings is 1. The molecule has 1 unspecified atom stereocenters. The molecule has 0 spiro atoms. The van der Waals surface area contributed by atoms with E-state index in [1.165, 1.54) is 0 Å². The lowest BCUT2D eigenvalue weighted by Gasteiger charge is -2.42. The molecule has 2 aliphatic rings. The third kappa shape index (κ3) is 3.78. The Kier molecular flexibility index (Phi) is 5.21. The highest BCUT2D eigenvalue weighted by Gasteiger charge is 2.35. The Morgan fingerprint density at radius 3 is 2.75 bits per heavy atom. The van der Waals surface area contributed by atoms with E-state index in [4.69, 9.17) is 0 Å². The van der Waals surface area contributed by atoms with E-state index in [0.717, 1.165) is 51.0 Å². The SMILES string of the molecule is CC(C)N1CC(CN2CCC(O)(c3cccnc3)CC2)CCC1=O. The van der Waals surface area contributed by atoms with Gasteiger partial charge in [0, 0.05) is 56.6 Å². The summed E-state index contributed by atoms with van der Waals surface area (Å²) in [5.74, 6) is 0.848. The molecule has 0 aliphatic carbocycles. The normalized spacial score (nSPS) is 25.2. The lowest BCUT2D eigenvalue weighted by Crippen LogP contribution is -2.49. The molecule has 3 rings (SSSR count). The number of carbonyl (C=O) groups excluding carboxylic acids is 1. The van der Waals surface area contributed by atoms with Crippen LogP contribution in [0.15, 0.2) is 24.5 Å². The molecular weight excluding hydrogens is 302 g/mol. The van der Waals surface area contributed by atoms with Crippen LogP contribution in [0.4, 0.5) is 0 Å². The second kappa shape index (κ2) is 7.19. The van der Waals surface area contributed by atoms with E-state index >= 15 is 0 Å². The van der Waals surface area contributed by atoms with Crippen LogP contribution in [0.2, 0.25) is 0 Å². The highest BCUT2D eigenvalue weighted by atomic mass is 16.3. The maximum absolute atomic E-state index is 12.0. The van der Waals surface area contributed by atoms with Crippen LogP contribution in [0.3, 0.4) is 0 Å². The number of nitrogens with zero attached hydrogens (tertiary/aromatic N) is 3. The number of rotatable bonds is 4. The Morgan fingerprint density at radius 2 is 2.12 bits per heavy atom. The van der Waals surface area contributed by atoms with Gasteiger partial charge in [-0.25, -0.2) is 0 Å². The van der Waals surface area contributed by atoms with Crippen molar-refractivity contribution < 1.29 is 9.90 Å². The predicted octanol–water partition coefficient (Wildman–Crippen LogP) is 2.01. The minimum atomic E-state index is -0.739. The van der Waals surface area contributed by atoms with Crippen LogP contribution < -0.4 is 0 Å². The minimum Gasteiger partial charge on any atom is -0.385 e. The van der Waals surface area contributed by atoms with Crippen molar-refractivity contribution in [3.8, 4) is 0 Å². The van der Waals surface area contributed by atoms with Crippen LogP contribution in [0.5, 0.6) is 0 Å². The van der Waals surface area contributed by atoms with E-state index in [9.17, 15) is 9.90 Å². The fourth-order valence-corrected chi connectivity index (χ4v) is 3.99. The first-order valence-electron chi connectivity index (χ1n) is 9.12. The first kappa shape index (κ1) is 17.4. The van der Waals surface area contributed by atoms with Crippen molar-refractivity contribution in [3.05, 3.63) is 30.1 Å². The number of aliphatic hydroxyl groups is 1. The molecule has 2 fully saturated rings. The van der Waals surface area contributed by atoms with E-state index in [-0.39, 0.29) is 6.04 Å².